The van der Waals surface area contributed by atoms with Crippen LogP contribution in [0, 0.1) is 18.7 Å². The zero-order valence-corrected chi connectivity index (χ0v) is 14.6. The molecule has 5 nitrogen and oxygen atoms in total. The molecule has 1 heterocycles. The first-order valence-electron chi connectivity index (χ1n) is 7.47. The summed E-state index contributed by atoms with van der Waals surface area (Å²) < 4.78 is 12.9. The van der Waals surface area contributed by atoms with Gasteiger partial charge in [0.1, 0.15) is 10.7 Å². The summed E-state index contributed by atoms with van der Waals surface area (Å²) in [4.78, 5) is 29.7. The number of aliphatic carboxylic acids is 1. The van der Waals surface area contributed by atoms with E-state index < -0.39 is 11.9 Å². The molecule has 0 aliphatic carbocycles. The minimum absolute atomic E-state index is 0.138. The number of carboxylic acid groups (broad SMARTS) is 1. The van der Waals surface area contributed by atoms with Crippen molar-refractivity contribution < 1.29 is 19.1 Å². The number of nitrogens with zero attached hydrogens (tertiary/aromatic N) is 2. The molecule has 0 saturated carbocycles. The summed E-state index contributed by atoms with van der Waals surface area (Å²) in [6.45, 7) is 3.46. The molecule has 0 aliphatic rings. The maximum Gasteiger partial charge on any atom is 0.308 e. The molecule has 1 amide bonds. The van der Waals surface area contributed by atoms with Gasteiger partial charge in [-0.3, -0.25) is 9.59 Å². The second-order valence-corrected chi connectivity index (χ2v) is 6.83. The number of aromatic nitrogens is 1. The first kappa shape index (κ1) is 18.1. The lowest BCUT2D eigenvalue weighted by atomic mass is 10.1. The number of hydrogen-bond donors (Lipinski definition) is 1. The number of carbonyl (C=O) groups is 2. The van der Waals surface area contributed by atoms with E-state index in [0.717, 1.165) is 10.6 Å². The Morgan fingerprint density at radius 3 is 2.54 bits per heavy atom. The molecule has 0 fully saturated rings. The molecule has 1 N–H and O–H groups in total. The van der Waals surface area contributed by atoms with E-state index >= 15 is 0 Å². The van der Waals surface area contributed by atoms with E-state index in [-0.39, 0.29) is 18.3 Å². The predicted molar refractivity (Wildman–Crippen MR) is 89.8 cm³/mol. The first-order chi connectivity index (χ1) is 11.3. The Bertz CT molecular complexity index is 743. The van der Waals surface area contributed by atoms with Crippen molar-refractivity contribution in [2.45, 2.75) is 20.3 Å². The Hall–Kier alpha value is -2.28. The molecule has 0 saturated heterocycles. The van der Waals surface area contributed by atoms with Crippen LogP contribution in [0.15, 0.2) is 24.3 Å². The topological polar surface area (TPSA) is 70.5 Å². The van der Waals surface area contributed by atoms with Gasteiger partial charge < -0.3 is 10.0 Å². The average Bonchev–Trinajstić information content (AvgIpc) is 2.89. The van der Waals surface area contributed by atoms with Gasteiger partial charge in [0.2, 0.25) is 0 Å². The third kappa shape index (κ3) is 4.38. The lowest BCUT2D eigenvalue weighted by Gasteiger charge is -2.18. The molecule has 128 valence electrons. The van der Waals surface area contributed by atoms with Crippen molar-refractivity contribution in [2.75, 3.05) is 13.6 Å². The maximum absolute atomic E-state index is 12.9. The molecule has 0 bridgehead atoms. The molecule has 1 atom stereocenters. The van der Waals surface area contributed by atoms with Gasteiger partial charge in [-0.05, 0) is 24.6 Å². The Morgan fingerprint density at radius 2 is 1.96 bits per heavy atom. The lowest BCUT2D eigenvalue weighted by Crippen LogP contribution is -2.33. The molecule has 1 unspecified atom stereocenters. The van der Waals surface area contributed by atoms with E-state index in [1.165, 1.54) is 28.4 Å². The number of rotatable bonds is 6. The second-order valence-electron chi connectivity index (χ2n) is 5.75. The van der Waals surface area contributed by atoms with E-state index in [0.29, 0.717) is 17.0 Å². The quantitative estimate of drug-likeness (QED) is 0.869. The summed E-state index contributed by atoms with van der Waals surface area (Å²) in [7, 11) is 1.58. The Morgan fingerprint density at radius 1 is 1.33 bits per heavy atom. The van der Waals surface area contributed by atoms with Gasteiger partial charge in [-0.15, -0.1) is 11.3 Å². The van der Waals surface area contributed by atoms with Gasteiger partial charge in [0.25, 0.3) is 5.91 Å². The molecule has 0 aliphatic heterocycles. The van der Waals surface area contributed by atoms with Gasteiger partial charge in [-0.1, -0.05) is 19.1 Å². The van der Waals surface area contributed by atoms with E-state index in [2.05, 4.69) is 4.98 Å². The van der Waals surface area contributed by atoms with E-state index in [1.54, 1.807) is 33.0 Å². The summed E-state index contributed by atoms with van der Waals surface area (Å²) >= 11 is 1.29. The average molecular weight is 350 g/mol. The van der Waals surface area contributed by atoms with Crippen molar-refractivity contribution in [1.29, 1.82) is 0 Å². The number of carbonyl (C=O) groups excluding carboxylic acids is 1. The van der Waals surface area contributed by atoms with Crippen LogP contribution >= 0.6 is 11.3 Å². The Kier molecular flexibility index (Phi) is 5.66. The molecule has 1 aromatic carbocycles. The number of halogens is 1. The molecule has 0 radical (unpaired) electrons. The van der Waals surface area contributed by atoms with Crippen LogP contribution in [-0.2, 0) is 11.2 Å². The highest BCUT2D eigenvalue weighted by molar-refractivity contribution is 7.13. The molecular formula is C17H19FN2O3S. The van der Waals surface area contributed by atoms with Crippen LogP contribution in [0.2, 0.25) is 0 Å². The highest BCUT2D eigenvalue weighted by Crippen LogP contribution is 2.22. The fraction of sp³-hybridized carbons (Fsp3) is 0.353. The van der Waals surface area contributed by atoms with Crippen LogP contribution in [0.5, 0.6) is 0 Å². The van der Waals surface area contributed by atoms with Crippen LogP contribution in [0.4, 0.5) is 4.39 Å². The fourth-order valence-electron chi connectivity index (χ4n) is 2.25. The standard InChI is InChI=1S/C17H19FN2O3S/c1-10(17(22)23)9-20(3)16(21)15-11(2)19-14(24-15)8-12-4-6-13(18)7-5-12/h4-7,10H,8-9H2,1-3H3,(H,22,23). The molecule has 7 heteroatoms. The maximum atomic E-state index is 12.9. The lowest BCUT2D eigenvalue weighted by molar-refractivity contribution is -0.141. The summed E-state index contributed by atoms with van der Waals surface area (Å²) in [5.74, 6) is -2.10. The van der Waals surface area contributed by atoms with Crippen LogP contribution < -0.4 is 0 Å². The number of thiazole rings is 1. The minimum atomic E-state index is -0.937. The summed E-state index contributed by atoms with van der Waals surface area (Å²) in [6, 6.07) is 6.16. The molecule has 1 aromatic heterocycles. The number of aryl methyl sites for hydroxylation is 1. The number of amides is 1. The van der Waals surface area contributed by atoms with Crippen molar-refractivity contribution in [3.8, 4) is 0 Å². The zero-order chi connectivity index (χ0) is 17.9. The normalized spacial score (nSPS) is 12.0. The van der Waals surface area contributed by atoms with Crippen LogP contribution in [0.3, 0.4) is 0 Å². The molecule has 0 spiro atoms. The largest absolute Gasteiger partial charge is 0.481 e. The van der Waals surface area contributed by atoms with Crippen molar-refractivity contribution >= 4 is 23.2 Å². The smallest absolute Gasteiger partial charge is 0.308 e. The van der Waals surface area contributed by atoms with Gasteiger partial charge in [-0.2, -0.15) is 0 Å². The van der Waals surface area contributed by atoms with Crippen LogP contribution in [-0.4, -0.2) is 40.5 Å². The molecular weight excluding hydrogens is 331 g/mol. The third-order valence-electron chi connectivity index (χ3n) is 3.62. The van der Waals surface area contributed by atoms with Gasteiger partial charge in [-0.25, -0.2) is 9.37 Å². The Balaban J connectivity index is 2.11. The van der Waals surface area contributed by atoms with Crippen LogP contribution in [0.1, 0.15) is 32.9 Å². The summed E-state index contributed by atoms with van der Waals surface area (Å²) in [5, 5.41) is 9.72. The SMILES string of the molecule is Cc1nc(Cc2ccc(F)cc2)sc1C(=O)N(C)CC(C)C(=O)O. The highest BCUT2D eigenvalue weighted by Gasteiger charge is 2.22. The van der Waals surface area contributed by atoms with Gasteiger partial charge in [0, 0.05) is 20.0 Å². The number of carboxylic acids is 1. The van der Waals surface area contributed by atoms with Crippen molar-refractivity contribution in [2.24, 2.45) is 5.92 Å². The fourth-order valence-corrected chi connectivity index (χ4v) is 3.34. The highest BCUT2D eigenvalue weighted by atomic mass is 32.1. The van der Waals surface area contributed by atoms with Gasteiger partial charge >= 0.3 is 5.97 Å². The first-order valence-corrected chi connectivity index (χ1v) is 8.28. The molecule has 2 rings (SSSR count). The van der Waals surface area contributed by atoms with Gasteiger partial charge in [0.15, 0.2) is 0 Å². The van der Waals surface area contributed by atoms with Crippen molar-refractivity contribution in [3.05, 3.63) is 51.2 Å². The van der Waals surface area contributed by atoms with Gasteiger partial charge in [0.05, 0.1) is 16.6 Å². The zero-order valence-electron chi connectivity index (χ0n) is 13.7. The second kappa shape index (κ2) is 7.53. The Labute approximate surface area is 143 Å². The molecule has 2 aromatic rings. The van der Waals surface area contributed by atoms with Crippen LogP contribution in [0.25, 0.3) is 0 Å². The third-order valence-corrected chi connectivity index (χ3v) is 4.77. The van der Waals surface area contributed by atoms with E-state index in [9.17, 15) is 14.0 Å². The monoisotopic (exact) mass is 350 g/mol. The van der Waals surface area contributed by atoms with E-state index in [1.807, 2.05) is 0 Å². The predicted octanol–water partition coefficient (Wildman–Crippen LogP) is 2.97. The van der Waals surface area contributed by atoms with Crippen molar-refractivity contribution in [1.82, 2.24) is 9.88 Å². The van der Waals surface area contributed by atoms with Crippen molar-refractivity contribution in [3.63, 3.8) is 0 Å². The number of hydrogen-bond acceptors (Lipinski definition) is 4. The summed E-state index contributed by atoms with van der Waals surface area (Å²) in [6.07, 6.45) is 0.522. The van der Waals surface area contributed by atoms with E-state index in [4.69, 9.17) is 5.11 Å². The minimum Gasteiger partial charge on any atom is -0.481 e. The number of benzene rings is 1. The molecule has 24 heavy (non-hydrogen) atoms. The summed E-state index contributed by atoms with van der Waals surface area (Å²) in [5.41, 5.74) is 1.54.